The van der Waals surface area contributed by atoms with Crippen molar-refractivity contribution >= 4 is 18.2 Å². The van der Waals surface area contributed by atoms with Crippen LogP contribution in [0, 0.1) is 0 Å². The molecule has 0 saturated heterocycles. The fourth-order valence-electron chi connectivity index (χ4n) is 0.883. The van der Waals surface area contributed by atoms with Gasteiger partial charge in [0.1, 0.15) is 0 Å². The van der Waals surface area contributed by atoms with E-state index < -0.39 is 18.5 Å². The number of aliphatic hydroxyl groups is 2. The first-order valence-corrected chi connectivity index (χ1v) is 6.32. The highest BCUT2D eigenvalue weighted by atomic mass is 16.5. The molecule has 2 rings (SSSR count). The zero-order valence-electron chi connectivity index (χ0n) is 12.6. The smallest absolute Gasteiger partial charge is 0.402 e. The summed E-state index contributed by atoms with van der Waals surface area (Å²) in [4.78, 5) is 0. The average molecular weight is 298 g/mol. The van der Waals surface area contributed by atoms with E-state index in [2.05, 4.69) is 10.2 Å². The van der Waals surface area contributed by atoms with E-state index in [0.29, 0.717) is 0 Å². The second-order valence-electron chi connectivity index (χ2n) is 5.42. The average Bonchev–Trinajstić information content (AvgIpc) is 2.73. The minimum Gasteiger partial charge on any atom is -0.402 e. The molecule has 2 aromatic rings. The second-order valence-corrected chi connectivity index (χ2v) is 5.42. The van der Waals surface area contributed by atoms with Gasteiger partial charge in [-0.3, -0.25) is 5.10 Å². The van der Waals surface area contributed by atoms with Crippen LogP contribution in [-0.4, -0.2) is 54.0 Å². The van der Waals surface area contributed by atoms with E-state index in [1.165, 1.54) is 0 Å². The Labute approximate surface area is 124 Å². The lowest BCUT2D eigenvalue weighted by atomic mass is 9.90. The summed E-state index contributed by atoms with van der Waals surface area (Å²) in [5, 5.41) is 47.6. The molecule has 0 aliphatic rings. The summed E-state index contributed by atoms with van der Waals surface area (Å²) in [6, 6.07) is 8.01. The number of para-hydroxylation sites is 1. The number of H-pyrrole nitrogens is 1. The van der Waals surface area contributed by atoms with Gasteiger partial charge in [0.25, 0.3) is 0 Å². The molecule has 0 amide bonds. The molecule has 0 radical (unpaired) electrons. The maximum Gasteiger partial charge on any atom is 0.631 e. The molecule has 0 unspecified atom stereocenters. The molecule has 6 N–H and O–H groups in total. The minimum absolute atomic E-state index is 1.01. The van der Waals surface area contributed by atoms with Crippen LogP contribution in [-0.2, 0) is 0 Å². The molecule has 0 atom stereocenters. The van der Waals surface area contributed by atoms with Gasteiger partial charge in [0.2, 0.25) is 0 Å². The van der Waals surface area contributed by atoms with Crippen LogP contribution in [0.5, 0.6) is 0 Å². The number of nitrogens with zero attached hydrogens (tertiary/aromatic N) is 1. The van der Waals surface area contributed by atoms with Crippen molar-refractivity contribution in [3.05, 3.63) is 30.5 Å². The van der Waals surface area contributed by atoms with Gasteiger partial charge in [0.15, 0.2) is 0 Å². The van der Waals surface area contributed by atoms with Gasteiger partial charge < -0.3 is 25.3 Å². The summed E-state index contributed by atoms with van der Waals surface area (Å²) < 4.78 is 0. The summed E-state index contributed by atoms with van der Waals surface area (Å²) in [6.45, 7) is 6.31. The molecule has 1 aromatic heterocycles. The lowest BCUT2D eigenvalue weighted by Gasteiger charge is -2.31. The largest absolute Gasteiger partial charge is 0.631 e. The molecule has 0 aliphatic heterocycles. The van der Waals surface area contributed by atoms with E-state index in [9.17, 15) is 0 Å². The molecule has 21 heavy (non-hydrogen) atoms. The fourth-order valence-corrected chi connectivity index (χ4v) is 0.883. The zero-order chi connectivity index (χ0) is 16.7. The number of hydrogen-bond donors (Lipinski definition) is 6. The van der Waals surface area contributed by atoms with E-state index in [0.717, 1.165) is 10.9 Å². The molecule has 0 aliphatic carbocycles. The van der Waals surface area contributed by atoms with Gasteiger partial charge in [-0.05, 0) is 33.8 Å². The Morgan fingerprint density at radius 2 is 1.38 bits per heavy atom. The number of aromatic amines is 1. The van der Waals surface area contributed by atoms with Gasteiger partial charge in [-0.15, -0.1) is 0 Å². The van der Waals surface area contributed by atoms with E-state index >= 15 is 0 Å². The number of hydrogen-bond acceptors (Lipinski definition) is 6. The summed E-state index contributed by atoms with van der Waals surface area (Å²) in [5.41, 5.74) is -0.919. The Morgan fingerprint density at radius 1 is 0.952 bits per heavy atom. The number of benzene rings is 1. The lowest BCUT2D eigenvalue weighted by Crippen LogP contribution is -2.44. The highest BCUT2D eigenvalue weighted by Gasteiger charge is 2.31. The molecule has 118 valence electrons. The number of rotatable bonds is 1. The van der Waals surface area contributed by atoms with E-state index in [1.54, 1.807) is 27.7 Å². The number of nitrogens with one attached hydrogen (secondary N) is 1. The highest BCUT2D eigenvalue weighted by Crippen LogP contribution is 2.19. The Morgan fingerprint density at radius 3 is 1.76 bits per heavy atom. The maximum absolute atomic E-state index is 9.10. The highest BCUT2D eigenvalue weighted by molar-refractivity contribution is 6.30. The van der Waals surface area contributed by atoms with E-state index in [-0.39, 0.29) is 0 Å². The van der Waals surface area contributed by atoms with Crippen molar-refractivity contribution in [1.29, 1.82) is 0 Å². The monoisotopic (exact) mass is 298 g/mol. The van der Waals surface area contributed by atoms with Crippen molar-refractivity contribution in [2.24, 2.45) is 0 Å². The van der Waals surface area contributed by atoms with Crippen LogP contribution in [0.4, 0.5) is 0 Å². The van der Waals surface area contributed by atoms with E-state index in [1.807, 2.05) is 30.5 Å². The van der Waals surface area contributed by atoms with Crippen LogP contribution >= 0.6 is 0 Å². The Bertz CT molecular complexity index is 472. The molecule has 1 aromatic carbocycles. The van der Waals surface area contributed by atoms with Crippen molar-refractivity contribution < 1.29 is 25.3 Å². The third-order valence-corrected chi connectivity index (χ3v) is 2.85. The molecule has 0 saturated carbocycles. The first-order chi connectivity index (χ1) is 9.45. The molecular weight excluding hydrogens is 275 g/mol. The van der Waals surface area contributed by atoms with Crippen molar-refractivity contribution in [1.82, 2.24) is 10.2 Å². The topological polar surface area (TPSA) is 130 Å². The number of aromatic nitrogens is 2. The van der Waals surface area contributed by atoms with Crippen molar-refractivity contribution in [2.75, 3.05) is 0 Å². The predicted octanol–water partition coefficient (Wildman–Crippen LogP) is 0.0393. The quantitative estimate of drug-likeness (QED) is 0.412. The first-order valence-electron chi connectivity index (χ1n) is 6.32. The summed E-state index contributed by atoms with van der Waals surface area (Å²) in [7, 11) is -2.17. The third-order valence-electron chi connectivity index (χ3n) is 2.85. The fraction of sp³-hybridized carbons (Fsp3) is 0.462. The third kappa shape index (κ3) is 8.43. The first kappa shape index (κ1) is 19.6. The Balaban J connectivity index is 0.000000310. The maximum atomic E-state index is 9.10. The summed E-state index contributed by atoms with van der Waals surface area (Å²) >= 11 is 0. The zero-order valence-corrected chi connectivity index (χ0v) is 12.6. The van der Waals surface area contributed by atoms with Crippen LogP contribution in [0.15, 0.2) is 30.5 Å². The molecule has 0 fully saturated rings. The van der Waals surface area contributed by atoms with Crippen molar-refractivity contribution in [3.63, 3.8) is 0 Å². The summed E-state index contributed by atoms with van der Waals surface area (Å²) in [6.07, 6.45) is 1.81. The van der Waals surface area contributed by atoms with Crippen LogP contribution in [0.3, 0.4) is 0 Å². The van der Waals surface area contributed by atoms with Gasteiger partial charge in [-0.25, -0.2) is 0 Å². The summed E-state index contributed by atoms with van der Waals surface area (Å²) in [5.74, 6) is 0. The van der Waals surface area contributed by atoms with Crippen molar-refractivity contribution in [3.8, 4) is 0 Å². The predicted molar refractivity (Wildman–Crippen MR) is 81.1 cm³/mol. The lowest BCUT2D eigenvalue weighted by molar-refractivity contribution is -0.107. The minimum atomic E-state index is -2.17. The molecule has 7 nitrogen and oxygen atoms in total. The van der Waals surface area contributed by atoms with Crippen LogP contribution in [0.25, 0.3) is 10.9 Å². The second kappa shape index (κ2) is 8.11. The molecule has 1 heterocycles. The molecular formula is C13H23BN2O5. The van der Waals surface area contributed by atoms with Gasteiger partial charge >= 0.3 is 7.32 Å². The molecule has 0 spiro atoms. The molecule has 8 heteroatoms. The van der Waals surface area contributed by atoms with Crippen LogP contribution in [0.1, 0.15) is 27.7 Å². The van der Waals surface area contributed by atoms with Crippen LogP contribution in [0.2, 0.25) is 0 Å². The Kier molecular flexibility index (Phi) is 7.55. The van der Waals surface area contributed by atoms with Gasteiger partial charge in [0, 0.05) is 5.39 Å². The van der Waals surface area contributed by atoms with Crippen LogP contribution < -0.4 is 0 Å². The normalized spacial score (nSPS) is 11.1. The van der Waals surface area contributed by atoms with Gasteiger partial charge in [-0.2, -0.15) is 5.10 Å². The van der Waals surface area contributed by atoms with Gasteiger partial charge in [-0.1, -0.05) is 18.2 Å². The molecule has 0 bridgehead atoms. The standard InChI is InChI=1S/C7H6N2.C6H14O2.BH3O3/c1-2-4-7-6(3-1)5-8-9-7;1-5(2,7)6(3,4)8;2-1(3)4/h1-5H,(H,8,9);7-8H,1-4H3;2-4H. The Hall–Kier alpha value is -1.45. The SMILES string of the molecule is CC(C)(O)C(C)(C)O.OB(O)O.c1ccc2[nH]ncc2c1. The number of fused-ring (bicyclic) bond motifs is 1. The van der Waals surface area contributed by atoms with E-state index in [4.69, 9.17) is 25.3 Å². The van der Waals surface area contributed by atoms with Gasteiger partial charge in [0.05, 0.1) is 22.9 Å². The van der Waals surface area contributed by atoms with Crippen molar-refractivity contribution in [2.45, 2.75) is 38.9 Å².